The minimum absolute atomic E-state index is 0.00241. The lowest BCUT2D eigenvalue weighted by Crippen LogP contribution is -2.22. The van der Waals surface area contributed by atoms with E-state index in [2.05, 4.69) is 10.1 Å². The molecule has 0 atom stereocenters. The average molecular weight is 161 g/mol. The van der Waals surface area contributed by atoms with Gasteiger partial charge in [-0.05, 0) is 6.92 Å². The highest BCUT2D eigenvalue weighted by molar-refractivity contribution is 5.32. The number of nitrogens with one attached hydrogen (secondary N) is 1. The molecule has 62 valence electrons. The Labute approximate surface area is 63.5 Å². The SMILES string of the molecule is COC1=C(F)C(C)=C(F)CN1. The minimum atomic E-state index is -0.656. The first-order chi connectivity index (χ1) is 5.16. The highest BCUT2D eigenvalue weighted by Gasteiger charge is 2.18. The predicted octanol–water partition coefficient (Wildman–Crippen LogP) is 1.62. The number of hydrogen-bond donors (Lipinski definition) is 1. The van der Waals surface area contributed by atoms with Crippen molar-refractivity contribution in [1.29, 1.82) is 0 Å². The summed E-state index contributed by atoms with van der Waals surface area (Å²) in [6, 6.07) is 0. The molecule has 1 heterocycles. The van der Waals surface area contributed by atoms with Gasteiger partial charge in [0.2, 0.25) is 5.88 Å². The van der Waals surface area contributed by atoms with E-state index in [9.17, 15) is 8.78 Å². The maximum Gasteiger partial charge on any atom is 0.224 e. The van der Waals surface area contributed by atoms with Crippen molar-refractivity contribution < 1.29 is 13.5 Å². The maximum absolute atomic E-state index is 12.9. The van der Waals surface area contributed by atoms with Crippen LogP contribution in [0.3, 0.4) is 0 Å². The van der Waals surface area contributed by atoms with Gasteiger partial charge < -0.3 is 10.1 Å². The summed E-state index contributed by atoms with van der Waals surface area (Å²) in [4.78, 5) is 0. The molecule has 1 rings (SSSR count). The van der Waals surface area contributed by atoms with Crippen LogP contribution >= 0.6 is 0 Å². The molecule has 1 N–H and O–H groups in total. The molecule has 0 aromatic carbocycles. The first-order valence-corrected chi connectivity index (χ1v) is 3.20. The first-order valence-electron chi connectivity index (χ1n) is 3.20. The summed E-state index contributed by atoms with van der Waals surface area (Å²) in [5.41, 5.74) is 0.0144. The van der Waals surface area contributed by atoms with Crippen molar-refractivity contribution in [1.82, 2.24) is 5.32 Å². The number of allylic oxidation sites excluding steroid dienone is 2. The largest absolute Gasteiger partial charge is 0.480 e. The zero-order chi connectivity index (χ0) is 8.43. The fourth-order valence-electron chi connectivity index (χ4n) is 0.819. The van der Waals surface area contributed by atoms with Gasteiger partial charge in [0.1, 0.15) is 5.83 Å². The monoisotopic (exact) mass is 161 g/mol. The third-order valence-corrected chi connectivity index (χ3v) is 1.54. The van der Waals surface area contributed by atoms with E-state index in [-0.39, 0.29) is 18.0 Å². The number of dihydropyridines is 1. The number of hydrogen-bond acceptors (Lipinski definition) is 2. The van der Waals surface area contributed by atoms with Crippen LogP contribution in [0.1, 0.15) is 6.92 Å². The van der Waals surface area contributed by atoms with Crippen molar-refractivity contribution in [2.45, 2.75) is 6.92 Å². The topological polar surface area (TPSA) is 21.3 Å². The Kier molecular flexibility index (Phi) is 2.12. The molecule has 0 unspecified atom stereocenters. The molecule has 11 heavy (non-hydrogen) atoms. The minimum Gasteiger partial charge on any atom is -0.480 e. The molecule has 0 spiro atoms. The van der Waals surface area contributed by atoms with Crippen LogP contribution in [0, 0.1) is 0 Å². The van der Waals surface area contributed by atoms with Crippen LogP contribution in [-0.4, -0.2) is 13.7 Å². The Morgan fingerprint density at radius 2 is 2.09 bits per heavy atom. The second-order valence-corrected chi connectivity index (χ2v) is 2.23. The molecule has 0 aromatic heterocycles. The first kappa shape index (κ1) is 8.04. The number of halogens is 2. The van der Waals surface area contributed by atoms with Crippen LogP contribution in [0.5, 0.6) is 0 Å². The van der Waals surface area contributed by atoms with Gasteiger partial charge in [-0.2, -0.15) is 0 Å². The fourth-order valence-corrected chi connectivity index (χ4v) is 0.819. The van der Waals surface area contributed by atoms with Crippen molar-refractivity contribution in [2.75, 3.05) is 13.7 Å². The number of rotatable bonds is 1. The molecule has 0 fully saturated rings. The second-order valence-electron chi connectivity index (χ2n) is 2.23. The molecular weight excluding hydrogens is 152 g/mol. The lowest BCUT2D eigenvalue weighted by Gasteiger charge is -2.16. The van der Waals surface area contributed by atoms with Crippen LogP contribution in [0.25, 0.3) is 0 Å². The van der Waals surface area contributed by atoms with E-state index in [4.69, 9.17) is 0 Å². The van der Waals surface area contributed by atoms with Gasteiger partial charge in [-0.25, -0.2) is 8.78 Å². The molecule has 1 aliphatic rings. The summed E-state index contributed by atoms with van der Waals surface area (Å²) in [7, 11) is 1.33. The van der Waals surface area contributed by atoms with E-state index in [1.807, 2.05) is 0 Å². The van der Waals surface area contributed by atoms with E-state index in [1.54, 1.807) is 0 Å². The van der Waals surface area contributed by atoms with Crippen LogP contribution in [0.4, 0.5) is 8.78 Å². The molecule has 0 bridgehead atoms. The maximum atomic E-state index is 12.9. The zero-order valence-corrected chi connectivity index (χ0v) is 6.37. The smallest absolute Gasteiger partial charge is 0.224 e. The Bertz CT molecular complexity index is 233. The molecule has 2 nitrogen and oxygen atoms in total. The summed E-state index contributed by atoms with van der Waals surface area (Å²) in [5, 5.41) is 2.45. The highest BCUT2D eigenvalue weighted by atomic mass is 19.1. The molecule has 0 aromatic rings. The summed E-state index contributed by atoms with van der Waals surface area (Å²) < 4.78 is 30.1. The van der Waals surface area contributed by atoms with Gasteiger partial charge in [0.05, 0.1) is 13.7 Å². The molecule has 0 radical (unpaired) electrons. The Morgan fingerprint density at radius 1 is 1.45 bits per heavy atom. The van der Waals surface area contributed by atoms with Gasteiger partial charge in [-0.3, -0.25) is 0 Å². The molecule has 0 aliphatic carbocycles. The van der Waals surface area contributed by atoms with E-state index >= 15 is 0 Å². The van der Waals surface area contributed by atoms with E-state index < -0.39 is 11.7 Å². The molecule has 4 heteroatoms. The molecule has 0 saturated carbocycles. The number of ether oxygens (including phenoxy) is 1. The van der Waals surface area contributed by atoms with E-state index in [0.717, 1.165) is 0 Å². The highest BCUT2D eigenvalue weighted by Crippen LogP contribution is 2.23. The van der Waals surface area contributed by atoms with Crippen molar-refractivity contribution in [2.24, 2.45) is 0 Å². The van der Waals surface area contributed by atoms with E-state index in [0.29, 0.717) is 0 Å². The zero-order valence-electron chi connectivity index (χ0n) is 6.37. The lowest BCUT2D eigenvalue weighted by molar-refractivity contribution is 0.242. The summed E-state index contributed by atoms with van der Waals surface area (Å²) in [5.74, 6) is -1.14. The molecule has 0 amide bonds. The van der Waals surface area contributed by atoms with E-state index in [1.165, 1.54) is 14.0 Å². The fraction of sp³-hybridized carbons (Fsp3) is 0.429. The Balaban J connectivity index is 2.98. The van der Waals surface area contributed by atoms with Crippen molar-refractivity contribution in [3.63, 3.8) is 0 Å². The third-order valence-electron chi connectivity index (χ3n) is 1.54. The van der Waals surface area contributed by atoms with Crippen molar-refractivity contribution in [3.8, 4) is 0 Å². The van der Waals surface area contributed by atoms with Crippen LogP contribution in [-0.2, 0) is 4.74 Å². The molecule has 0 saturated heterocycles. The predicted molar refractivity (Wildman–Crippen MR) is 37.0 cm³/mol. The standard InChI is InChI=1S/C7H9F2NO/c1-4-5(8)3-10-7(11-2)6(4)9/h10H,3H2,1-2H3. The summed E-state index contributed by atoms with van der Waals surface area (Å²) in [6.07, 6.45) is 0. The molecular formula is C7H9F2NO. The van der Waals surface area contributed by atoms with Gasteiger partial charge in [0, 0.05) is 5.57 Å². The quantitative estimate of drug-likeness (QED) is 0.631. The van der Waals surface area contributed by atoms with Crippen LogP contribution in [0.2, 0.25) is 0 Å². The molecule has 1 aliphatic heterocycles. The van der Waals surface area contributed by atoms with Gasteiger partial charge in [0.15, 0.2) is 5.83 Å². The van der Waals surface area contributed by atoms with Gasteiger partial charge in [0.25, 0.3) is 0 Å². The summed E-state index contributed by atoms with van der Waals surface area (Å²) >= 11 is 0. The van der Waals surface area contributed by atoms with Gasteiger partial charge in [-0.1, -0.05) is 0 Å². The van der Waals surface area contributed by atoms with Crippen LogP contribution in [0.15, 0.2) is 23.1 Å². The van der Waals surface area contributed by atoms with Gasteiger partial charge >= 0.3 is 0 Å². The average Bonchev–Trinajstić information content (AvgIpc) is 2.01. The second kappa shape index (κ2) is 2.90. The van der Waals surface area contributed by atoms with Crippen molar-refractivity contribution >= 4 is 0 Å². The summed E-state index contributed by atoms with van der Waals surface area (Å²) in [6.45, 7) is 1.38. The lowest BCUT2D eigenvalue weighted by atomic mass is 10.2. The van der Waals surface area contributed by atoms with Crippen LogP contribution < -0.4 is 5.32 Å². The Morgan fingerprint density at radius 3 is 2.64 bits per heavy atom. The Hall–Kier alpha value is -1.06. The van der Waals surface area contributed by atoms with Gasteiger partial charge in [-0.15, -0.1) is 0 Å². The number of methoxy groups -OCH3 is 1. The third kappa shape index (κ3) is 1.34. The normalized spacial score (nSPS) is 18.5. The van der Waals surface area contributed by atoms with Crippen molar-refractivity contribution in [3.05, 3.63) is 23.1 Å².